The van der Waals surface area contributed by atoms with Crippen LogP contribution in [0.1, 0.15) is 24.3 Å². The highest BCUT2D eigenvalue weighted by Gasteiger charge is 2.17. The summed E-state index contributed by atoms with van der Waals surface area (Å²) in [5.41, 5.74) is 5.75. The number of carbonyl (C=O) groups excluding carboxylic acids is 2. The van der Waals surface area contributed by atoms with Gasteiger partial charge < -0.3 is 14.5 Å². The fourth-order valence-corrected chi connectivity index (χ4v) is 2.72. The molecule has 3 rings (SSSR count). The maximum atomic E-state index is 12.2. The second-order valence-corrected chi connectivity index (χ2v) is 6.46. The number of carbonyl (C=O) groups is 2. The number of hydrazine groups is 1. The number of ether oxygens (including phenoxy) is 2. The van der Waals surface area contributed by atoms with Crippen molar-refractivity contribution in [2.45, 2.75) is 20.0 Å². The number of aromatic amines is 1. The van der Waals surface area contributed by atoms with Gasteiger partial charge in [0.25, 0.3) is 11.8 Å². The summed E-state index contributed by atoms with van der Waals surface area (Å²) in [4.78, 5) is 27.4. The minimum atomic E-state index is -0.806. The minimum Gasteiger partial charge on any atom is -0.494 e. The Bertz CT molecular complexity index is 985. The van der Waals surface area contributed by atoms with E-state index in [0.29, 0.717) is 23.1 Å². The van der Waals surface area contributed by atoms with E-state index in [0.717, 1.165) is 16.7 Å². The molecule has 1 aromatic heterocycles. The Morgan fingerprint density at radius 1 is 1.07 bits per heavy atom. The molecule has 0 aliphatic heterocycles. The molecule has 8 heteroatoms. The summed E-state index contributed by atoms with van der Waals surface area (Å²) < 4.78 is 10.9. The van der Waals surface area contributed by atoms with Crippen LogP contribution < -0.4 is 20.3 Å². The van der Waals surface area contributed by atoms with Gasteiger partial charge in [-0.05, 0) is 56.3 Å². The van der Waals surface area contributed by atoms with Crippen LogP contribution in [0.25, 0.3) is 10.9 Å². The maximum Gasteiger partial charge on any atom is 0.286 e. The normalized spacial score (nSPS) is 11.7. The van der Waals surface area contributed by atoms with Crippen LogP contribution in [0.2, 0.25) is 5.02 Å². The average Bonchev–Trinajstić information content (AvgIpc) is 3.10. The predicted molar refractivity (Wildman–Crippen MR) is 107 cm³/mol. The summed E-state index contributed by atoms with van der Waals surface area (Å²) in [6, 6.07) is 13.9. The van der Waals surface area contributed by atoms with Gasteiger partial charge in [-0.15, -0.1) is 0 Å². The number of nitrogens with one attached hydrogen (secondary N) is 3. The second-order valence-electron chi connectivity index (χ2n) is 6.02. The van der Waals surface area contributed by atoms with E-state index in [1.54, 1.807) is 55.5 Å². The number of hydrogen-bond acceptors (Lipinski definition) is 4. The molecule has 1 unspecified atom stereocenters. The van der Waals surface area contributed by atoms with Crippen molar-refractivity contribution >= 4 is 34.3 Å². The molecule has 146 valence electrons. The zero-order valence-electron chi connectivity index (χ0n) is 15.4. The van der Waals surface area contributed by atoms with Gasteiger partial charge in [0.15, 0.2) is 6.10 Å². The quantitative estimate of drug-likeness (QED) is 0.551. The first-order chi connectivity index (χ1) is 13.5. The molecule has 28 heavy (non-hydrogen) atoms. The van der Waals surface area contributed by atoms with Crippen molar-refractivity contribution in [3.8, 4) is 11.5 Å². The lowest BCUT2D eigenvalue weighted by atomic mass is 10.2. The van der Waals surface area contributed by atoms with E-state index in [4.69, 9.17) is 21.1 Å². The third kappa shape index (κ3) is 4.75. The van der Waals surface area contributed by atoms with E-state index >= 15 is 0 Å². The first-order valence-electron chi connectivity index (χ1n) is 8.74. The van der Waals surface area contributed by atoms with Crippen LogP contribution in [0.3, 0.4) is 0 Å². The third-order valence-corrected chi connectivity index (χ3v) is 4.18. The molecule has 2 amide bonds. The van der Waals surface area contributed by atoms with Crippen molar-refractivity contribution in [3.63, 3.8) is 0 Å². The lowest BCUT2D eigenvalue weighted by molar-refractivity contribution is -0.128. The molecule has 2 aromatic carbocycles. The lowest BCUT2D eigenvalue weighted by Gasteiger charge is -2.15. The van der Waals surface area contributed by atoms with E-state index in [1.807, 2.05) is 6.92 Å². The van der Waals surface area contributed by atoms with E-state index < -0.39 is 17.9 Å². The van der Waals surface area contributed by atoms with Gasteiger partial charge in [0, 0.05) is 15.9 Å². The number of benzene rings is 2. The molecule has 0 bridgehead atoms. The molecule has 1 heterocycles. The van der Waals surface area contributed by atoms with Crippen molar-refractivity contribution < 1.29 is 19.1 Å². The number of halogens is 1. The molecular formula is C20H20ClN3O4. The Labute approximate surface area is 166 Å². The highest BCUT2D eigenvalue weighted by atomic mass is 35.5. The van der Waals surface area contributed by atoms with E-state index in [9.17, 15) is 9.59 Å². The van der Waals surface area contributed by atoms with Crippen molar-refractivity contribution in [2.75, 3.05) is 6.61 Å². The van der Waals surface area contributed by atoms with Gasteiger partial charge in [-0.2, -0.15) is 0 Å². The number of fused-ring (bicyclic) bond motifs is 1. The molecule has 1 atom stereocenters. The third-order valence-electron chi connectivity index (χ3n) is 3.95. The summed E-state index contributed by atoms with van der Waals surface area (Å²) in [6.45, 7) is 4.06. The summed E-state index contributed by atoms with van der Waals surface area (Å²) in [6.07, 6.45) is -0.806. The number of aromatic nitrogens is 1. The van der Waals surface area contributed by atoms with Gasteiger partial charge in [0.1, 0.15) is 17.2 Å². The fraction of sp³-hybridized carbons (Fsp3) is 0.200. The number of rotatable bonds is 6. The van der Waals surface area contributed by atoms with E-state index in [-0.39, 0.29) is 0 Å². The highest BCUT2D eigenvalue weighted by Crippen LogP contribution is 2.20. The molecule has 0 fully saturated rings. The van der Waals surface area contributed by atoms with Gasteiger partial charge in [0.2, 0.25) is 0 Å². The van der Waals surface area contributed by atoms with E-state index in [1.165, 1.54) is 0 Å². The SMILES string of the molecule is CCOc1ccc(OC(C)C(=O)NNC(=O)c2cc3ccc(Cl)cc3[nH]2)cc1. The molecular weight excluding hydrogens is 382 g/mol. The van der Waals surface area contributed by atoms with E-state index in [2.05, 4.69) is 15.8 Å². The monoisotopic (exact) mass is 401 g/mol. The van der Waals surface area contributed by atoms with Crippen molar-refractivity contribution in [2.24, 2.45) is 0 Å². The predicted octanol–water partition coefficient (Wildman–Crippen LogP) is 3.45. The minimum absolute atomic E-state index is 0.303. The van der Waals surface area contributed by atoms with Gasteiger partial charge in [0.05, 0.1) is 6.61 Å². The summed E-state index contributed by atoms with van der Waals surface area (Å²) in [5, 5.41) is 1.41. The molecule has 3 N–H and O–H groups in total. The molecule has 0 saturated heterocycles. The average molecular weight is 402 g/mol. The van der Waals surface area contributed by atoms with Gasteiger partial charge in [-0.25, -0.2) is 0 Å². The second kappa shape index (κ2) is 8.67. The molecule has 0 radical (unpaired) electrons. The zero-order chi connectivity index (χ0) is 20.1. The Morgan fingerprint density at radius 2 is 1.79 bits per heavy atom. The molecule has 0 spiro atoms. The molecule has 7 nitrogen and oxygen atoms in total. The van der Waals surface area contributed by atoms with Crippen molar-refractivity contribution in [1.29, 1.82) is 0 Å². The Hall–Kier alpha value is -3.19. The van der Waals surface area contributed by atoms with Crippen LogP contribution in [0.15, 0.2) is 48.5 Å². The lowest BCUT2D eigenvalue weighted by Crippen LogP contribution is -2.47. The summed E-state index contributed by atoms with van der Waals surface area (Å²) >= 11 is 5.94. The number of H-pyrrole nitrogens is 1. The summed E-state index contributed by atoms with van der Waals surface area (Å²) in [7, 11) is 0. The van der Waals surface area contributed by atoms with Gasteiger partial charge in [-0.3, -0.25) is 20.4 Å². The number of amides is 2. The molecule has 0 aliphatic rings. The van der Waals surface area contributed by atoms with Crippen LogP contribution in [0.4, 0.5) is 0 Å². The van der Waals surface area contributed by atoms with Gasteiger partial charge >= 0.3 is 0 Å². The largest absolute Gasteiger partial charge is 0.494 e. The standard InChI is InChI=1S/C20H20ClN3O4/c1-3-27-15-6-8-16(9-7-15)28-12(2)19(25)23-24-20(26)18-10-13-4-5-14(21)11-17(13)22-18/h4-12,22H,3H2,1-2H3,(H,23,25)(H,24,26). The van der Waals surface area contributed by atoms with Crippen LogP contribution in [-0.4, -0.2) is 29.5 Å². The Balaban J connectivity index is 1.53. The molecule has 0 aliphatic carbocycles. The fourth-order valence-electron chi connectivity index (χ4n) is 2.55. The molecule has 0 saturated carbocycles. The van der Waals surface area contributed by atoms with Crippen molar-refractivity contribution in [1.82, 2.24) is 15.8 Å². The molecule has 3 aromatic rings. The van der Waals surface area contributed by atoms with Crippen LogP contribution in [0, 0.1) is 0 Å². The maximum absolute atomic E-state index is 12.2. The first-order valence-corrected chi connectivity index (χ1v) is 9.12. The van der Waals surface area contributed by atoms with Crippen molar-refractivity contribution in [3.05, 3.63) is 59.2 Å². The Morgan fingerprint density at radius 3 is 2.50 bits per heavy atom. The first kappa shape index (κ1) is 19.6. The Kier molecular flexibility index (Phi) is 6.06. The van der Waals surface area contributed by atoms with Gasteiger partial charge in [-0.1, -0.05) is 17.7 Å². The van der Waals surface area contributed by atoms with Crippen LogP contribution >= 0.6 is 11.6 Å². The van der Waals surface area contributed by atoms with Crippen LogP contribution in [-0.2, 0) is 4.79 Å². The highest BCUT2D eigenvalue weighted by molar-refractivity contribution is 6.31. The topological polar surface area (TPSA) is 92.4 Å². The number of hydrogen-bond donors (Lipinski definition) is 3. The smallest absolute Gasteiger partial charge is 0.286 e. The summed E-state index contributed by atoms with van der Waals surface area (Å²) in [5.74, 6) is 0.277. The van der Waals surface area contributed by atoms with Crippen LogP contribution in [0.5, 0.6) is 11.5 Å². The zero-order valence-corrected chi connectivity index (χ0v) is 16.2.